The van der Waals surface area contributed by atoms with E-state index in [0.717, 1.165) is 39.2 Å². The van der Waals surface area contributed by atoms with E-state index in [2.05, 4.69) is 55.6 Å². The molecule has 0 spiro atoms. The lowest BCUT2D eigenvalue weighted by atomic mass is 10.1. The van der Waals surface area contributed by atoms with E-state index in [-0.39, 0.29) is 5.78 Å². The number of thiophene rings is 1. The minimum atomic E-state index is 0.202. The molecule has 106 valence electrons. The number of Topliss-reactive ketones (excluding diaryl/α,β-unsaturated/α-hetero) is 1. The van der Waals surface area contributed by atoms with E-state index < -0.39 is 0 Å². The van der Waals surface area contributed by atoms with Crippen molar-refractivity contribution in [2.75, 3.05) is 33.2 Å². The highest BCUT2D eigenvalue weighted by atomic mass is 79.9. The van der Waals surface area contributed by atoms with Crippen molar-refractivity contribution < 1.29 is 4.79 Å². The number of rotatable bonds is 4. The molecule has 1 aromatic heterocycles. The second-order valence-corrected chi connectivity index (χ2v) is 8.69. The molecule has 1 unspecified atom stereocenters. The number of nitrogens with zero attached hydrogens (tertiary/aromatic N) is 2. The largest absolute Gasteiger partial charge is 0.301 e. The quantitative estimate of drug-likeness (QED) is 0.711. The van der Waals surface area contributed by atoms with Crippen LogP contribution in [0.25, 0.3) is 0 Å². The summed E-state index contributed by atoms with van der Waals surface area (Å²) >= 11 is 8.43. The van der Waals surface area contributed by atoms with Gasteiger partial charge in [-0.3, -0.25) is 9.69 Å². The smallest absolute Gasteiger partial charge is 0.178 e. The molecular formula is C13H18Br2N2OS. The SMILES string of the molecule is CCC1CN(CC(=O)c2cc(Br)sc2Br)CCN1C. The van der Waals surface area contributed by atoms with Gasteiger partial charge in [0.05, 0.1) is 14.1 Å². The average molecular weight is 410 g/mol. The molecule has 1 aliphatic heterocycles. The number of ketones is 1. The van der Waals surface area contributed by atoms with Gasteiger partial charge in [0, 0.05) is 31.2 Å². The van der Waals surface area contributed by atoms with Crippen LogP contribution in [0.15, 0.2) is 13.6 Å². The monoisotopic (exact) mass is 408 g/mol. The molecule has 0 radical (unpaired) electrons. The standard InChI is InChI=1S/C13H18Br2N2OS/c1-3-9-7-17(5-4-16(9)2)8-11(18)10-6-12(14)19-13(10)15/h6,9H,3-5,7-8H2,1-2H3. The second-order valence-electron chi connectivity index (χ2n) is 4.94. The van der Waals surface area contributed by atoms with E-state index in [0.29, 0.717) is 12.6 Å². The number of hydrogen-bond donors (Lipinski definition) is 0. The Morgan fingerprint density at radius 1 is 1.47 bits per heavy atom. The predicted octanol–water partition coefficient (Wildman–Crippen LogP) is 3.48. The molecule has 2 heterocycles. The van der Waals surface area contributed by atoms with Gasteiger partial charge < -0.3 is 4.90 Å². The molecule has 1 atom stereocenters. The summed E-state index contributed by atoms with van der Waals surface area (Å²) in [5.74, 6) is 0.202. The first-order valence-electron chi connectivity index (χ1n) is 6.42. The van der Waals surface area contributed by atoms with E-state index >= 15 is 0 Å². The number of halogens is 2. The Kier molecular flexibility index (Phi) is 5.60. The second kappa shape index (κ2) is 6.80. The number of carbonyl (C=O) groups is 1. The summed E-state index contributed by atoms with van der Waals surface area (Å²) in [6.45, 7) is 5.73. The molecule has 3 nitrogen and oxygen atoms in total. The Bertz CT molecular complexity index is 463. The van der Waals surface area contributed by atoms with Gasteiger partial charge in [0.15, 0.2) is 5.78 Å². The predicted molar refractivity (Wildman–Crippen MR) is 87.2 cm³/mol. The van der Waals surface area contributed by atoms with Crippen LogP contribution < -0.4 is 0 Å². The van der Waals surface area contributed by atoms with Crippen LogP contribution in [0.5, 0.6) is 0 Å². The van der Waals surface area contributed by atoms with Crippen LogP contribution in [0.4, 0.5) is 0 Å². The number of likely N-dealkylation sites (N-methyl/N-ethyl adjacent to an activating group) is 1. The van der Waals surface area contributed by atoms with Crippen molar-refractivity contribution in [2.24, 2.45) is 0 Å². The minimum absolute atomic E-state index is 0.202. The van der Waals surface area contributed by atoms with Gasteiger partial charge in [0.1, 0.15) is 0 Å². The molecule has 1 aromatic rings. The Morgan fingerprint density at radius 3 is 2.79 bits per heavy atom. The van der Waals surface area contributed by atoms with Crippen LogP contribution in [0.1, 0.15) is 23.7 Å². The van der Waals surface area contributed by atoms with Gasteiger partial charge in [-0.15, -0.1) is 11.3 Å². The molecule has 0 aromatic carbocycles. The highest BCUT2D eigenvalue weighted by Crippen LogP contribution is 2.32. The van der Waals surface area contributed by atoms with Crippen molar-refractivity contribution in [1.29, 1.82) is 0 Å². The lowest BCUT2D eigenvalue weighted by Crippen LogP contribution is -2.52. The first-order valence-corrected chi connectivity index (χ1v) is 8.82. The zero-order valence-electron chi connectivity index (χ0n) is 11.2. The van der Waals surface area contributed by atoms with Crippen molar-refractivity contribution in [3.8, 4) is 0 Å². The molecule has 1 aliphatic rings. The van der Waals surface area contributed by atoms with Crippen LogP contribution in [0.2, 0.25) is 0 Å². The van der Waals surface area contributed by atoms with E-state index in [1.165, 1.54) is 0 Å². The molecule has 2 rings (SSSR count). The van der Waals surface area contributed by atoms with E-state index in [1.807, 2.05) is 6.07 Å². The summed E-state index contributed by atoms with van der Waals surface area (Å²) in [4.78, 5) is 17.0. The molecule has 0 aliphatic carbocycles. The maximum atomic E-state index is 12.3. The van der Waals surface area contributed by atoms with Crippen molar-refractivity contribution in [3.63, 3.8) is 0 Å². The third kappa shape index (κ3) is 3.88. The fourth-order valence-corrected chi connectivity index (χ4v) is 5.27. The zero-order chi connectivity index (χ0) is 14.0. The molecule has 0 amide bonds. The van der Waals surface area contributed by atoms with Crippen molar-refractivity contribution in [1.82, 2.24) is 9.80 Å². The van der Waals surface area contributed by atoms with E-state index in [4.69, 9.17) is 0 Å². The Morgan fingerprint density at radius 2 is 2.21 bits per heavy atom. The first kappa shape index (κ1) is 15.6. The summed E-state index contributed by atoms with van der Waals surface area (Å²) in [5, 5.41) is 0. The average Bonchev–Trinajstić information content (AvgIpc) is 2.71. The van der Waals surface area contributed by atoms with Gasteiger partial charge >= 0.3 is 0 Å². The molecule has 0 bridgehead atoms. The van der Waals surface area contributed by atoms with E-state index in [1.54, 1.807) is 11.3 Å². The molecule has 1 fully saturated rings. The summed E-state index contributed by atoms with van der Waals surface area (Å²) in [5.41, 5.74) is 0.795. The van der Waals surface area contributed by atoms with Crippen LogP contribution in [0.3, 0.4) is 0 Å². The van der Waals surface area contributed by atoms with Crippen LogP contribution in [0, 0.1) is 0 Å². The van der Waals surface area contributed by atoms with Crippen LogP contribution in [-0.4, -0.2) is 54.9 Å². The number of hydrogen-bond acceptors (Lipinski definition) is 4. The first-order chi connectivity index (χ1) is 9.01. The molecular weight excluding hydrogens is 392 g/mol. The highest BCUT2D eigenvalue weighted by molar-refractivity contribution is 9.12. The maximum Gasteiger partial charge on any atom is 0.178 e. The van der Waals surface area contributed by atoms with Gasteiger partial charge in [-0.2, -0.15) is 0 Å². The van der Waals surface area contributed by atoms with Crippen LogP contribution >= 0.6 is 43.2 Å². The normalized spacial score (nSPS) is 21.8. The fourth-order valence-electron chi connectivity index (χ4n) is 2.41. The lowest BCUT2D eigenvalue weighted by Gasteiger charge is -2.38. The van der Waals surface area contributed by atoms with Gasteiger partial charge in [0.25, 0.3) is 0 Å². The molecule has 1 saturated heterocycles. The van der Waals surface area contributed by atoms with Gasteiger partial charge in [-0.1, -0.05) is 6.92 Å². The van der Waals surface area contributed by atoms with E-state index in [9.17, 15) is 4.79 Å². The number of piperazine rings is 1. The Balaban J connectivity index is 1.98. The Labute approximate surface area is 135 Å². The summed E-state index contributed by atoms with van der Waals surface area (Å²) in [6, 6.07) is 2.48. The molecule has 6 heteroatoms. The topological polar surface area (TPSA) is 23.6 Å². The molecule has 0 saturated carbocycles. The minimum Gasteiger partial charge on any atom is -0.301 e. The van der Waals surface area contributed by atoms with Crippen molar-refractivity contribution in [2.45, 2.75) is 19.4 Å². The maximum absolute atomic E-state index is 12.3. The van der Waals surface area contributed by atoms with Gasteiger partial charge in [-0.05, 0) is 51.4 Å². The summed E-state index contributed by atoms with van der Waals surface area (Å²) in [7, 11) is 2.17. The molecule has 0 N–H and O–H groups in total. The van der Waals surface area contributed by atoms with Crippen molar-refractivity contribution >= 4 is 49.0 Å². The van der Waals surface area contributed by atoms with Crippen LogP contribution in [-0.2, 0) is 0 Å². The summed E-state index contributed by atoms with van der Waals surface area (Å²) < 4.78 is 1.91. The zero-order valence-corrected chi connectivity index (χ0v) is 15.1. The third-order valence-corrected chi connectivity index (χ3v) is 6.00. The summed E-state index contributed by atoms with van der Waals surface area (Å²) in [6.07, 6.45) is 1.13. The molecule has 19 heavy (non-hydrogen) atoms. The Hall–Kier alpha value is 0.250. The van der Waals surface area contributed by atoms with Crippen molar-refractivity contribution in [3.05, 3.63) is 19.2 Å². The third-order valence-electron chi connectivity index (χ3n) is 3.66. The van der Waals surface area contributed by atoms with Gasteiger partial charge in [0.2, 0.25) is 0 Å². The number of carbonyl (C=O) groups excluding carboxylic acids is 1. The lowest BCUT2D eigenvalue weighted by molar-refractivity contribution is 0.0742. The highest BCUT2D eigenvalue weighted by Gasteiger charge is 2.25. The fraction of sp³-hybridized carbons (Fsp3) is 0.615. The van der Waals surface area contributed by atoms with Gasteiger partial charge in [-0.25, -0.2) is 0 Å².